The maximum Gasteiger partial charge on any atom is -0.0351 e. The Bertz CT molecular complexity index is 113. The van der Waals surface area contributed by atoms with Crippen LogP contribution in [0.4, 0.5) is 0 Å². The van der Waals surface area contributed by atoms with E-state index in [2.05, 4.69) is 32.9 Å². The van der Waals surface area contributed by atoms with Gasteiger partial charge in [-0.15, -0.1) is 0 Å². The topological polar surface area (TPSA) is 0 Å². The highest BCUT2D eigenvalue weighted by atomic mass is 14.0. The van der Waals surface area contributed by atoms with E-state index in [1.807, 2.05) is 0 Å². The van der Waals surface area contributed by atoms with Crippen molar-refractivity contribution in [3.05, 3.63) is 19.1 Å². The van der Waals surface area contributed by atoms with Crippen LogP contribution in [0.3, 0.4) is 0 Å². The van der Waals surface area contributed by atoms with Gasteiger partial charge in [0.05, 0.1) is 0 Å². The second-order valence-electron chi connectivity index (χ2n) is 3.85. The summed E-state index contributed by atoms with van der Waals surface area (Å²) in [6.45, 7) is 8.59. The van der Waals surface area contributed by atoms with Gasteiger partial charge in [-0.2, -0.15) is 0 Å². The summed E-state index contributed by atoms with van der Waals surface area (Å²) in [6.07, 6.45) is 13.6. The Morgan fingerprint density at radius 2 is 1.69 bits per heavy atom. The lowest BCUT2D eigenvalue weighted by Crippen LogP contribution is -1.93. The van der Waals surface area contributed by atoms with Crippen LogP contribution in [-0.4, -0.2) is 0 Å². The third-order valence-corrected chi connectivity index (χ3v) is 2.30. The van der Waals surface area contributed by atoms with Gasteiger partial charge >= 0.3 is 0 Å². The lowest BCUT2D eigenvalue weighted by molar-refractivity contribution is 0.515. The molecule has 1 radical (unpaired) electrons. The van der Waals surface area contributed by atoms with Crippen LogP contribution in [-0.2, 0) is 0 Å². The first-order valence-corrected chi connectivity index (χ1v) is 5.79. The van der Waals surface area contributed by atoms with Gasteiger partial charge in [-0.1, -0.05) is 58.6 Å². The molecular formula is C13H25. The van der Waals surface area contributed by atoms with E-state index in [9.17, 15) is 0 Å². The number of unbranched alkanes of at least 4 members (excludes halogenated alkanes) is 2. The molecule has 0 nitrogen and oxygen atoms in total. The third kappa shape index (κ3) is 9.66. The molecule has 1 unspecified atom stereocenters. The number of hydrogen-bond donors (Lipinski definition) is 0. The first kappa shape index (κ1) is 12.7. The van der Waals surface area contributed by atoms with Crippen LogP contribution in [0.2, 0.25) is 0 Å². The normalized spacial score (nSPS) is 13.8. The molecule has 0 bridgehead atoms. The van der Waals surface area contributed by atoms with E-state index in [1.54, 1.807) is 0 Å². The molecule has 0 aromatic heterocycles. The number of allylic oxidation sites excluding steroid dienone is 2. The van der Waals surface area contributed by atoms with E-state index in [0.717, 1.165) is 0 Å². The maximum absolute atomic E-state index is 4.14. The van der Waals surface area contributed by atoms with Crippen LogP contribution in [0.5, 0.6) is 0 Å². The van der Waals surface area contributed by atoms with E-state index in [4.69, 9.17) is 0 Å². The first-order valence-electron chi connectivity index (χ1n) is 5.79. The summed E-state index contributed by atoms with van der Waals surface area (Å²) in [5, 5.41) is 0. The van der Waals surface area contributed by atoms with Gasteiger partial charge in [0.1, 0.15) is 0 Å². The van der Waals surface area contributed by atoms with E-state index < -0.39 is 0 Å². The monoisotopic (exact) mass is 181 g/mol. The summed E-state index contributed by atoms with van der Waals surface area (Å²) < 4.78 is 0. The minimum Gasteiger partial charge on any atom is -0.0885 e. The van der Waals surface area contributed by atoms with Crippen LogP contribution >= 0.6 is 0 Å². The van der Waals surface area contributed by atoms with Gasteiger partial charge in [0.2, 0.25) is 0 Å². The van der Waals surface area contributed by atoms with Crippen molar-refractivity contribution < 1.29 is 0 Å². The average Bonchev–Trinajstić information content (AvgIpc) is 2.11. The van der Waals surface area contributed by atoms with Gasteiger partial charge in [0.15, 0.2) is 0 Å². The van der Waals surface area contributed by atoms with Gasteiger partial charge in [-0.25, -0.2) is 0 Å². The molecule has 0 saturated heterocycles. The minimum absolute atomic E-state index is 0.685. The molecule has 0 fully saturated rings. The summed E-state index contributed by atoms with van der Waals surface area (Å²) >= 11 is 0. The summed E-state index contributed by atoms with van der Waals surface area (Å²) in [6, 6.07) is 0. The quantitative estimate of drug-likeness (QED) is 0.374. The summed E-state index contributed by atoms with van der Waals surface area (Å²) in [7, 11) is 0. The fourth-order valence-electron chi connectivity index (χ4n) is 1.48. The van der Waals surface area contributed by atoms with Gasteiger partial charge in [-0.3, -0.25) is 0 Å². The Morgan fingerprint density at radius 1 is 1.00 bits per heavy atom. The Labute approximate surface area is 84.4 Å². The van der Waals surface area contributed by atoms with E-state index in [-0.39, 0.29) is 0 Å². The van der Waals surface area contributed by atoms with Crippen molar-refractivity contribution in [2.75, 3.05) is 0 Å². The lowest BCUT2D eigenvalue weighted by Gasteiger charge is -2.07. The van der Waals surface area contributed by atoms with E-state index in [1.165, 1.54) is 44.9 Å². The Morgan fingerprint density at radius 3 is 2.31 bits per heavy atom. The summed E-state index contributed by atoms with van der Waals surface area (Å²) in [5.74, 6) is 0.685. The molecule has 0 rings (SSSR count). The van der Waals surface area contributed by atoms with Crippen molar-refractivity contribution in [2.24, 2.45) is 5.92 Å². The maximum atomic E-state index is 4.14. The zero-order valence-electron chi connectivity index (χ0n) is 9.39. The van der Waals surface area contributed by atoms with Crippen LogP contribution in [0.25, 0.3) is 0 Å². The molecule has 0 heteroatoms. The fraction of sp³-hybridized carbons (Fsp3) is 0.769. The summed E-state index contributed by atoms with van der Waals surface area (Å²) in [4.78, 5) is 0. The second kappa shape index (κ2) is 9.83. The molecule has 0 saturated carbocycles. The lowest BCUT2D eigenvalue weighted by atomic mass is 9.99. The molecule has 0 aliphatic carbocycles. The van der Waals surface area contributed by atoms with Crippen LogP contribution in [0, 0.1) is 12.8 Å². The van der Waals surface area contributed by atoms with Gasteiger partial charge in [0, 0.05) is 0 Å². The molecule has 0 amide bonds. The average molecular weight is 181 g/mol. The highest BCUT2D eigenvalue weighted by molar-refractivity contribution is 4.81. The standard InChI is InChI=1S/C13H25/c1-4-6-7-8-9-10-12-13(3)11-5-2/h7-8,13H,3-6,9-12H2,1-2H3/b8-7+. The number of hydrogen-bond acceptors (Lipinski definition) is 0. The highest BCUT2D eigenvalue weighted by Gasteiger charge is 1.98. The molecule has 0 spiro atoms. The van der Waals surface area contributed by atoms with Gasteiger partial charge in [-0.05, 0) is 25.2 Å². The van der Waals surface area contributed by atoms with E-state index >= 15 is 0 Å². The first-order chi connectivity index (χ1) is 6.31. The van der Waals surface area contributed by atoms with Gasteiger partial charge < -0.3 is 0 Å². The van der Waals surface area contributed by atoms with E-state index in [0.29, 0.717) is 5.92 Å². The largest absolute Gasteiger partial charge is 0.0885 e. The van der Waals surface area contributed by atoms with Crippen molar-refractivity contribution in [1.29, 1.82) is 0 Å². The predicted octanol–water partition coefficient (Wildman–Crippen LogP) is 4.76. The van der Waals surface area contributed by atoms with Crippen LogP contribution in [0.1, 0.15) is 58.8 Å². The molecule has 0 aliphatic rings. The molecule has 13 heavy (non-hydrogen) atoms. The van der Waals surface area contributed by atoms with Crippen molar-refractivity contribution in [3.63, 3.8) is 0 Å². The molecule has 0 aromatic rings. The molecule has 77 valence electrons. The molecule has 0 aromatic carbocycles. The third-order valence-electron chi connectivity index (χ3n) is 2.30. The molecule has 0 heterocycles. The Balaban J connectivity index is 3.15. The van der Waals surface area contributed by atoms with Crippen molar-refractivity contribution in [1.82, 2.24) is 0 Å². The van der Waals surface area contributed by atoms with Crippen LogP contribution in [0.15, 0.2) is 12.2 Å². The second-order valence-corrected chi connectivity index (χ2v) is 3.85. The Hall–Kier alpha value is -0.260. The number of rotatable bonds is 8. The van der Waals surface area contributed by atoms with Gasteiger partial charge in [0.25, 0.3) is 0 Å². The van der Waals surface area contributed by atoms with Crippen molar-refractivity contribution >= 4 is 0 Å². The minimum atomic E-state index is 0.685. The fourth-order valence-corrected chi connectivity index (χ4v) is 1.48. The molecule has 1 atom stereocenters. The smallest absolute Gasteiger partial charge is 0.0351 e. The molecular weight excluding hydrogens is 156 g/mol. The summed E-state index contributed by atoms with van der Waals surface area (Å²) in [5.41, 5.74) is 0. The SMILES string of the molecule is [CH2]C(CCC)CCC/C=C/CCC. The van der Waals surface area contributed by atoms with Crippen LogP contribution < -0.4 is 0 Å². The predicted molar refractivity (Wildman–Crippen MR) is 61.7 cm³/mol. The van der Waals surface area contributed by atoms with Crippen molar-refractivity contribution in [3.8, 4) is 0 Å². The molecule has 0 aliphatic heterocycles. The Kier molecular flexibility index (Phi) is 9.63. The zero-order valence-corrected chi connectivity index (χ0v) is 9.39. The van der Waals surface area contributed by atoms with Crippen molar-refractivity contribution in [2.45, 2.75) is 58.8 Å². The zero-order chi connectivity index (χ0) is 9.94. The molecule has 0 N–H and O–H groups in total. The highest BCUT2D eigenvalue weighted by Crippen LogP contribution is 2.13.